The molecule has 0 aromatic carbocycles. The van der Waals surface area contributed by atoms with E-state index in [9.17, 15) is 4.79 Å². The van der Waals surface area contributed by atoms with Gasteiger partial charge in [-0.3, -0.25) is 9.48 Å². The zero-order valence-electron chi connectivity index (χ0n) is 10.2. The molecule has 2 atom stereocenters. The normalized spacial score (nSPS) is 21.4. The molecule has 0 bridgehead atoms. The summed E-state index contributed by atoms with van der Waals surface area (Å²) in [5, 5.41) is 10.4. The van der Waals surface area contributed by atoms with Crippen molar-refractivity contribution >= 4 is 5.91 Å². The van der Waals surface area contributed by atoms with Gasteiger partial charge in [0.25, 0.3) is 0 Å². The van der Waals surface area contributed by atoms with Crippen molar-refractivity contribution in [2.75, 3.05) is 13.1 Å². The maximum atomic E-state index is 11.8. The van der Waals surface area contributed by atoms with Crippen LogP contribution in [0.15, 0.2) is 18.5 Å². The number of carbonyl (C=O) groups excluding carboxylic acids is 1. The SMILES string of the molecule is CC(C(=O)NCC[C@@H]1CCCN1)n1cccn1. The van der Waals surface area contributed by atoms with Crippen LogP contribution in [0.1, 0.15) is 32.2 Å². The summed E-state index contributed by atoms with van der Waals surface area (Å²) in [6.07, 6.45) is 6.99. The number of amides is 1. The first-order valence-corrected chi connectivity index (χ1v) is 6.27. The highest BCUT2D eigenvalue weighted by Crippen LogP contribution is 2.08. The minimum Gasteiger partial charge on any atom is -0.354 e. The lowest BCUT2D eigenvalue weighted by molar-refractivity contribution is -0.124. The second kappa shape index (κ2) is 5.82. The molecule has 1 saturated heterocycles. The summed E-state index contributed by atoms with van der Waals surface area (Å²) in [6, 6.07) is 2.17. The van der Waals surface area contributed by atoms with Crippen molar-refractivity contribution in [3.8, 4) is 0 Å². The molecule has 0 radical (unpaired) electrons. The number of nitrogens with zero attached hydrogens (tertiary/aromatic N) is 2. The van der Waals surface area contributed by atoms with Crippen molar-refractivity contribution in [3.63, 3.8) is 0 Å². The quantitative estimate of drug-likeness (QED) is 0.791. The molecule has 1 aromatic heterocycles. The lowest BCUT2D eigenvalue weighted by Crippen LogP contribution is -2.34. The fourth-order valence-corrected chi connectivity index (χ4v) is 2.15. The minimum absolute atomic E-state index is 0.0340. The van der Waals surface area contributed by atoms with Gasteiger partial charge in [-0.1, -0.05) is 0 Å². The van der Waals surface area contributed by atoms with E-state index in [1.807, 2.05) is 19.2 Å². The Balaban J connectivity index is 1.69. The summed E-state index contributed by atoms with van der Waals surface area (Å²) in [5.74, 6) is 0.0340. The number of hydrogen-bond donors (Lipinski definition) is 2. The maximum Gasteiger partial charge on any atom is 0.244 e. The van der Waals surface area contributed by atoms with Gasteiger partial charge in [-0.25, -0.2) is 0 Å². The molecular weight excluding hydrogens is 216 g/mol. The average molecular weight is 236 g/mol. The largest absolute Gasteiger partial charge is 0.354 e. The lowest BCUT2D eigenvalue weighted by atomic mass is 10.1. The van der Waals surface area contributed by atoms with Crippen molar-refractivity contribution in [3.05, 3.63) is 18.5 Å². The van der Waals surface area contributed by atoms with Crippen LogP contribution in [0.3, 0.4) is 0 Å². The van der Waals surface area contributed by atoms with Crippen molar-refractivity contribution in [2.24, 2.45) is 0 Å². The standard InChI is InChI=1S/C12H20N4O/c1-10(16-9-3-7-15-16)12(17)14-8-5-11-4-2-6-13-11/h3,7,9-11,13H,2,4-6,8H2,1H3,(H,14,17)/t10?,11-/m0/s1. The first-order chi connectivity index (χ1) is 8.27. The van der Waals surface area contributed by atoms with Crippen molar-refractivity contribution in [1.29, 1.82) is 0 Å². The molecular formula is C12H20N4O. The molecule has 17 heavy (non-hydrogen) atoms. The summed E-state index contributed by atoms with van der Waals surface area (Å²) in [7, 11) is 0. The Hall–Kier alpha value is -1.36. The molecule has 1 aromatic rings. The fourth-order valence-electron chi connectivity index (χ4n) is 2.15. The van der Waals surface area contributed by atoms with Crippen molar-refractivity contribution in [1.82, 2.24) is 20.4 Å². The molecule has 1 fully saturated rings. The summed E-state index contributed by atoms with van der Waals surface area (Å²) >= 11 is 0. The zero-order chi connectivity index (χ0) is 12.1. The molecule has 5 heteroatoms. The van der Waals surface area contributed by atoms with Crippen LogP contribution in [0.2, 0.25) is 0 Å². The highest BCUT2D eigenvalue weighted by atomic mass is 16.2. The molecule has 2 rings (SSSR count). The van der Waals surface area contributed by atoms with E-state index < -0.39 is 0 Å². The van der Waals surface area contributed by atoms with Gasteiger partial charge in [0.2, 0.25) is 5.91 Å². The first-order valence-electron chi connectivity index (χ1n) is 6.27. The smallest absolute Gasteiger partial charge is 0.244 e. The van der Waals surface area contributed by atoms with Gasteiger partial charge in [0.05, 0.1) is 0 Å². The van der Waals surface area contributed by atoms with Crippen LogP contribution in [0.25, 0.3) is 0 Å². The van der Waals surface area contributed by atoms with Crippen LogP contribution >= 0.6 is 0 Å². The highest BCUT2D eigenvalue weighted by Gasteiger charge is 2.16. The molecule has 1 unspecified atom stereocenters. The van der Waals surface area contributed by atoms with Gasteiger partial charge < -0.3 is 10.6 Å². The second-order valence-electron chi connectivity index (χ2n) is 4.54. The van der Waals surface area contributed by atoms with Gasteiger partial charge in [0, 0.05) is 25.0 Å². The third-order valence-electron chi connectivity index (χ3n) is 3.26. The predicted molar refractivity (Wildman–Crippen MR) is 65.6 cm³/mol. The van der Waals surface area contributed by atoms with Gasteiger partial charge >= 0.3 is 0 Å². The van der Waals surface area contributed by atoms with E-state index in [-0.39, 0.29) is 11.9 Å². The monoisotopic (exact) mass is 236 g/mol. The van der Waals surface area contributed by atoms with Crippen LogP contribution in [0.5, 0.6) is 0 Å². The van der Waals surface area contributed by atoms with E-state index >= 15 is 0 Å². The third-order valence-corrected chi connectivity index (χ3v) is 3.26. The number of carbonyl (C=O) groups is 1. The number of nitrogens with one attached hydrogen (secondary N) is 2. The van der Waals surface area contributed by atoms with E-state index in [1.54, 1.807) is 10.9 Å². The van der Waals surface area contributed by atoms with Gasteiger partial charge in [-0.05, 0) is 38.8 Å². The van der Waals surface area contributed by atoms with Gasteiger partial charge in [0.1, 0.15) is 6.04 Å². The molecule has 0 saturated carbocycles. The van der Waals surface area contributed by atoms with E-state index in [0.29, 0.717) is 6.04 Å². The van der Waals surface area contributed by atoms with Gasteiger partial charge in [-0.15, -0.1) is 0 Å². The van der Waals surface area contributed by atoms with E-state index in [4.69, 9.17) is 0 Å². The third kappa shape index (κ3) is 3.30. The molecule has 0 spiro atoms. The Bertz CT molecular complexity index is 343. The summed E-state index contributed by atoms with van der Waals surface area (Å²) < 4.78 is 1.67. The first kappa shape index (κ1) is 12.1. The fraction of sp³-hybridized carbons (Fsp3) is 0.667. The maximum absolute atomic E-state index is 11.8. The van der Waals surface area contributed by atoms with Crippen LogP contribution in [-0.2, 0) is 4.79 Å². The Kier molecular flexibility index (Phi) is 4.14. The zero-order valence-corrected chi connectivity index (χ0v) is 10.2. The Labute approximate surface area is 102 Å². The summed E-state index contributed by atoms with van der Waals surface area (Å²) in [5.41, 5.74) is 0. The Morgan fingerprint density at radius 3 is 3.24 bits per heavy atom. The molecule has 5 nitrogen and oxygen atoms in total. The topological polar surface area (TPSA) is 59.0 Å². The number of hydrogen-bond acceptors (Lipinski definition) is 3. The molecule has 2 heterocycles. The van der Waals surface area contributed by atoms with Gasteiger partial charge in [-0.2, -0.15) is 5.10 Å². The summed E-state index contributed by atoms with van der Waals surface area (Å²) in [6.45, 7) is 3.71. The minimum atomic E-state index is -0.235. The Morgan fingerprint density at radius 2 is 2.59 bits per heavy atom. The summed E-state index contributed by atoms with van der Waals surface area (Å²) in [4.78, 5) is 11.8. The molecule has 0 aliphatic carbocycles. The van der Waals surface area contributed by atoms with Crippen LogP contribution in [0, 0.1) is 0 Å². The van der Waals surface area contributed by atoms with E-state index in [1.165, 1.54) is 12.8 Å². The van der Waals surface area contributed by atoms with Gasteiger partial charge in [0.15, 0.2) is 0 Å². The van der Waals surface area contributed by atoms with Crippen LogP contribution in [-0.4, -0.2) is 34.8 Å². The molecule has 1 aliphatic rings. The van der Waals surface area contributed by atoms with E-state index in [2.05, 4.69) is 15.7 Å². The predicted octanol–water partition coefficient (Wildman–Crippen LogP) is 0.702. The Morgan fingerprint density at radius 1 is 1.71 bits per heavy atom. The molecule has 94 valence electrons. The molecule has 1 amide bonds. The van der Waals surface area contributed by atoms with Crippen LogP contribution in [0.4, 0.5) is 0 Å². The number of aromatic nitrogens is 2. The number of rotatable bonds is 5. The lowest BCUT2D eigenvalue weighted by Gasteiger charge is -2.14. The van der Waals surface area contributed by atoms with E-state index in [0.717, 1.165) is 19.5 Å². The van der Waals surface area contributed by atoms with Crippen LogP contribution < -0.4 is 10.6 Å². The van der Waals surface area contributed by atoms with Crippen molar-refractivity contribution < 1.29 is 4.79 Å². The van der Waals surface area contributed by atoms with Crippen molar-refractivity contribution in [2.45, 2.75) is 38.3 Å². The molecule has 1 aliphatic heterocycles. The molecule has 2 N–H and O–H groups in total. The highest BCUT2D eigenvalue weighted by molar-refractivity contribution is 5.79. The second-order valence-corrected chi connectivity index (χ2v) is 4.54. The average Bonchev–Trinajstić information content (AvgIpc) is 3.00.